The highest BCUT2D eigenvalue weighted by Crippen LogP contribution is 2.19. The van der Waals surface area contributed by atoms with E-state index in [1.54, 1.807) is 38.3 Å². The molecule has 6 heteroatoms. The largest absolute Gasteiger partial charge is 0.497 e. The molecule has 0 aromatic heterocycles. The highest BCUT2D eigenvalue weighted by atomic mass is 16.6. The van der Waals surface area contributed by atoms with E-state index >= 15 is 0 Å². The average molecular weight is 316 g/mol. The summed E-state index contributed by atoms with van der Waals surface area (Å²) in [4.78, 5) is 22.7. The molecular weight excluding hydrogens is 300 g/mol. The van der Waals surface area contributed by atoms with Gasteiger partial charge < -0.3 is 19.3 Å². The van der Waals surface area contributed by atoms with E-state index in [-0.39, 0.29) is 11.3 Å². The second-order valence-corrected chi connectivity index (χ2v) is 4.69. The number of methoxy groups -OCH3 is 1. The molecular formula is C17H16O6. The van der Waals surface area contributed by atoms with Gasteiger partial charge in [0.15, 0.2) is 6.10 Å². The summed E-state index contributed by atoms with van der Waals surface area (Å²) in [6.45, 7) is 1.57. The monoisotopic (exact) mass is 316 g/mol. The summed E-state index contributed by atoms with van der Waals surface area (Å²) in [6, 6.07) is 12.4. The second-order valence-electron chi connectivity index (χ2n) is 4.69. The zero-order valence-electron chi connectivity index (χ0n) is 12.7. The predicted octanol–water partition coefficient (Wildman–Crippen LogP) is 2.77. The Morgan fingerprint density at radius 1 is 0.913 bits per heavy atom. The van der Waals surface area contributed by atoms with Crippen LogP contribution in [0, 0.1) is 0 Å². The maximum Gasteiger partial charge on any atom is 0.352 e. The molecule has 6 nitrogen and oxygen atoms in total. The molecule has 2 aromatic carbocycles. The number of carboxylic acids is 1. The van der Waals surface area contributed by atoms with Crippen LogP contribution in [0.4, 0.5) is 0 Å². The van der Waals surface area contributed by atoms with Gasteiger partial charge in [0, 0.05) is 0 Å². The number of hydrogen-bond donors (Lipinski definition) is 1. The number of esters is 1. The summed E-state index contributed by atoms with van der Waals surface area (Å²) in [5.74, 6) is -0.171. The molecule has 0 heterocycles. The van der Waals surface area contributed by atoms with Crippen molar-refractivity contribution in [3.05, 3.63) is 54.1 Å². The molecule has 0 amide bonds. The summed E-state index contributed by atoms with van der Waals surface area (Å²) >= 11 is 0. The lowest BCUT2D eigenvalue weighted by Gasteiger charge is -2.14. The number of benzene rings is 2. The van der Waals surface area contributed by atoms with Gasteiger partial charge >= 0.3 is 11.9 Å². The average Bonchev–Trinajstić information content (AvgIpc) is 2.56. The van der Waals surface area contributed by atoms with E-state index in [0.29, 0.717) is 11.5 Å². The third kappa shape index (κ3) is 4.47. The normalized spacial score (nSPS) is 11.4. The molecule has 2 rings (SSSR count). The van der Waals surface area contributed by atoms with Gasteiger partial charge in [-0.2, -0.15) is 0 Å². The summed E-state index contributed by atoms with van der Waals surface area (Å²) in [5.41, 5.74) is 0.118. The summed E-state index contributed by atoms with van der Waals surface area (Å²) in [5, 5.41) is 8.81. The lowest BCUT2D eigenvalue weighted by molar-refractivity contribution is -0.141. The van der Waals surface area contributed by atoms with Crippen LogP contribution in [0.5, 0.6) is 17.2 Å². The lowest BCUT2D eigenvalue weighted by atomic mass is 10.2. The molecule has 120 valence electrons. The number of carbonyl (C=O) groups is 2. The SMILES string of the molecule is COc1ccc(OC(C)C(=O)Oc2ccc(C(=O)O)cc2)cc1. The highest BCUT2D eigenvalue weighted by Gasteiger charge is 2.17. The van der Waals surface area contributed by atoms with Crippen LogP contribution in [0.15, 0.2) is 48.5 Å². The third-order valence-corrected chi connectivity index (χ3v) is 3.02. The van der Waals surface area contributed by atoms with Crippen molar-refractivity contribution in [3.63, 3.8) is 0 Å². The van der Waals surface area contributed by atoms with Crippen molar-refractivity contribution in [1.82, 2.24) is 0 Å². The van der Waals surface area contributed by atoms with Crippen LogP contribution in [0.25, 0.3) is 0 Å². The van der Waals surface area contributed by atoms with Gasteiger partial charge in [-0.25, -0.2) is 9.59 Å². The molecule has 2 aromatic rings. The molecule has 0 radical (unpaired) electrons. The van der Waals surface area contributed by atoms with Crippen molar-refractivity contribution in [1.29, 1.82) is 0 Å². The Balaban J connectivity index is 1.94. The van der Waals surface area contributed by atoms with Crippen molar-refractivity contribution in [2.75, 3.05) is 7.11 Å². The molecule has 0 saturated heterocycles. The molecule has 0 aliphatic rings. The first-order chi connectivity index (χ1) is 11.0. The minimum absolute atomic E-state index is 0.118. The summed E-state index contributed by atoms with van der Waals surface area (Å²) in [7, 11) is 1.56. The fourth-order valence-electron chi connectivity index (χ4n) is 1.77. The quantitative estimate of drug-likeness (QED) is 0.652. The Labute approximate surface area is 133 Å². The molecule has 0 spiro atoms. The van der Waals surface area contributed by atoms with Gasteiger partial charge in [-0.05, 0) is 55.5 Å². The van der Waals surface area contributed by atoms with E-state index in [0.717, 1.165) is 0 Å². The molecule has 0 aliphatic carbocycles. The van der Waals surface area contributed by atoms with E-state index < -0.39 is 18.0 Å². The topological polar surface area (TPSA) is 82.1 Å². The molecule has 1 N–H and O–H groups in total. The number of carboxylic acid groups (broad SMARTS) is 1. The maximum absolute atomic E-state index is 12.0. The molecule has 0 bridgehead atoms. The Morgan fingerprint density at radius 2 is 1.43 bits per heavy atom. The fourth-order valence-corrected chi connectivity index (χ4v) is 1.77. The fraction of sp³-hybridized carbons (Fsp3) is 0.176. The van der Waals surface area contributed by atoms with E-state index in [1.165, 1.54) is 24.3 Å². The van der Waals surface area contributed by atoms with Crippen LogP contribution >= 0.6 is 0 Å². The second kappa shape index (κ2) is 7.31. The minimum Gasteiger partial charge on any atom is -0.497 e. The maximum atomic E-state index is 12.0. The van der Waals surface area contributed by atoms with Crippen LogP contribution in [-0.2, 0) is 4.79 Å². The predicted molar refractivity (Wildman–Crippen MR) is 82.1 cm³/mol. The molecule has 1 unspecified atom stereocenters. The number of ether oxygens (including phenoxy) is 3. The van der Waals surface area contributed by atoms with Crippen LogP contribution < -0.4 is 14.2 Å². The standard InChI is InChI=1S/C17H16O6/c1-11(22-14-9-7-13(21-2)8-10-14)17(20)23-15-5-3-12(4-6-15)16(18)19/h3-11H,1-2H3,(H,18,19). The van der Waals surface area contributed by atoms with Gasteiger partial charge in [0.05, 0.1) is 12.7 Å². The molecule has 1 atom stereocenters. The zero-order chi connectivity index (χ0) is 16.8. The lowest BCUT2D eigenvalue weighted by Crippen LogP contribution is -2.28. The smallest absolute Gasteiger partial charge is 0.352 e. The van der Waals surface area contributed by atoms with Crippen LogP contribution in [0.3, 0.4) is 0 Å². The zero-order valence-corrected chi connectivity index (χ0v) is 12.7. The first kappa shape index (κ1) is 16.4. The van der Waals surface area contributed by atoms with Crippen molar-refractivity contribution in [2.24, 2.45) is 0 Å². The molecule has 23 heavy (non-hydrogen) atoms. The van der Waals surface area contributed by atoms with Crippen LogP contribution in [-0.4, -0.2) is 30.3 Å². The molecule has 0 fully saturated rings. The van der Waals surface area contributed by atoms with Gasteiger partial charge in [-0.3, -0.25) is 0 Å². The summed E-state index contributed by atoms with van der Waals surface area (Å²) in [6.07, 6.45) is -0.817. The Bertz CT molecular complexity index is 675. The van der Waals surface area contributed by atoms with E-state index in [2.05, 4.69) is 0 Å². The van der Waals surface area contributed by atoms with E-state index in [1.807, 2.05) is 0 Å². The van der Waals surface area contributed by atoms with Gasteiger partial charge in [-0.15, -0.1) is 0 Å². The minimum atomic E-state index is -1.04. The molecule has 0 saturated carbocycles. The highest BCUT2D eigenvalue weighted by molar-refractivity contribution is 5.87. The van der Waals surface area contributed by atoms with Crippen LogP contribution in [0.1, 0.15) is 17.3 Å². The summed E-state index contributed by atoms with van der Waals surface area (Å²) < 4.78 is 15.7. The van der Waals surface area contributed by atoms with Crippen LogP contribution in [0.2, 0.25) is 0 Å². The van der Waals surface area contributed by atoms with Gasteiger partial charge in [0.2, 0.25) is 0 Å². The van der Waals surface area contributed by atoms with Gasteiger partial charge in [0.1, 0.15) is 17.2 Å². The van der Waals surface area contributed by atoms with Crippen molar-refractivity contribution in [2.45, 2.75) is 13.0 Å². The van der Waals surface area contributed by atoms with Crippen molar-refractivity contribution in [3.8, 4) is 17.2 Å². The van der Waals surface area contributed by atoms with Crippen molar-refractivity contribution < 1.29 is 28.9 Å². The van der Waals surface area contributed by atoms with Gasteiger partial charge in [-0.1, -0.05) is 0 Å². The number of aromatic carboxylic acids is 1. The number of hydrogen-bond acceptors (Lipinski definition) is 5. The first-order valence-corrected chi connectivity index (χ1v) is 6.85. The first-order valence-electron chi connectivity index (χ1n) is 6.85. The van der Waals surface area contributed by atoms with Crippen molar-refractivity contribution >= 4 is 11.9 Å². The Morgan fingerprint density at radius 3 is 1.96 bits per heavy atom. The molecule has 0 aliphatic heterocycles. The van der Waals surface area contributed by atoms with Gasteiger partial charge in [0.25, 0.3) is 0 Å². The third-order valence-electron chi connectivity index (χ3n) is 3.02. The number of rotatable bonds is 6. The van der Waals surface area contributed by atoms with E-state index in [9.17, 15) is 9.59 Å². The number of carbonyl (C=O) groups excluding carboxylic acids is 1. The Hall–Kier alpha value is -3.02. The Kier molecular flexibility index (Phi) is 5.19. The van der Waals surface area contributed by atoms with E-state index in [4.69, 9.17) is 19.3 Å².